The fraction of sp³-hybridized carbons (Fsp3) is 0.733. The Bertz CT molecular complexity index is 525. The summed E-state index contributed by atoms with van der Waals surface area (Å²) in [6.45, 7) is 4.89. The van der Waals surface area contributed by atoms with Crippen molar-refractivity contribution in [1.29, 1.82) is 0 Å². The molecule has 0 aliphatic carbocycles. The molecule has 3 rings (SSSR count). The number of aliphatic carboxylic acids is 1. The van der Waals surface area contributed by atoms with Crippen molar-refractivity contribution in [2.45, 2.75) is 64.7 Å². The van der Waals surface area contributed by atoms with E-state index in [0.717, 1.165) is 37.2 Å². The van der Waals surface area contributed by atoms with Gasteiger partial charge in [0.2, 0.25) is 0 Å². The standard InChI is InChI=1S/C15H22N2O3/c1-3-10-7-11(17(4-2)16-10)8-15(14(18)19)9-12-5-6-13(15)20-12/h7,12-13H,3-6,8-9H2,1-2H3,(H,18,19). The third kappa shape index (κ3) is 1.95. The van der Waals surface area contributed by atoms with Gasteiger partial charge in [-0.3, -0.25) is 9.48 Å². The van der Waals surface area contributed by atoms with Crippen LogP contribution in [-0.4, -0.2) is 33.1 Å². The second-order valence-electron chi connectivity index (χ2n) is 5.96. The van der Waals surface area contributed by atoms with Gasteiger partial charge in [-0.25, -0.2) is 0 Å². The number of aromatic nitrogens is 2. The first-order chi connectivity index (χ1) is 9.59. The maximum Gasteiger partial charge on any atom is 0.312 e. The van der Waals surface area contributed by atoms with E-state index in [1.165, 1.54) is 0 Å². The predicted molar refractivity (Wildman–Crippen MR) is 73.6 cm³/mol. The van der Waals surface area contributed by atoms with Crippen LogP contribution in [0.2, 0.25) is 0 Å². The highest BCUT2D eigenvalue weighted by atomic mass is 16.5. The van der Waals surface area contributed by atoms with E-state index >= 15 is 0 Å². The first kappa shape index (κ1) is 13.6. The molecule has 0 spiro atoms. The number of carbonyl (C=O) groups is 1. The molecule has 0 radical (unpaired) electrons. The molecule has 2 aliphatic heterocycles. The molecule has 5 nitrogen and oxygen atoms in total. The zero-order chi connectivity index (χ0) is 14.3. The summed E-state index contributed by atoms with van der Waals surface area (Å²) in [5, 5.41) is 14.3. The summed E-state index contributed by atoms with van der Waals surface area (Å²) in [4.78, 5) is 11.9. The minimum absolute atomic E-state index is 0.129. The second kappa shape index (κ2) is 4.88. The number of carboxylic acids is 1. The molecule has 1 N–H and O–H groups in total. The van der Waals surface area contributed by atoms with Gasteiger partial charge < -0.3 is 9.84 Å². The Balaban J connectivity index is 1.91. The van der Waals surface area contributed by atoms with Crippen molar-refractivity contribution in [1.82, 2.24) is 9.78 Å². The lowest BCUT2D eigenvalue weighted by Crippen LogP contribution is -2.42. The van der Waals surface area contributed by atoms with Crippen LogP contribution >= 0.6 is 0 Å². The Morgan fingerprint density at radius 1 is 1.55 bits per heavy atom. The van der Waals surface area contributed by atoms with Crippen molar-refractivity contribution in [2.75, 3.05) is 0 Å². The molecule has 3 atom stereocenters. The molecule has 5 heteroatoms. The number of rotatable bonds is 5. The van der Waals surface area contributed by atoms with Gasteiger partial charge in [0.1, 0.15) is 5.41 Å². The summed E-state index contributed by atoms with van der Waals surface area (Å²) < 4.78 is 7.76. The van der Waals surface area contributed by atoms with E-state index in [4.69, 9.17) is 4.74 Å². The van der Waals surface area contributed by atoms with Crippen molar-refractivity contribution in [3.8, 4) is 0 Å². The minimum atomic E-state index is -0.749. The highest BCUT2D eigenvalue weighted by Gasteiger charge is 2.57. The zero-order valence-corrected chi connectivity index (χ0v) is 12.1. The Hall–Kier alpha value is -1.36. The van der Waals surface area contributed by atoms with Gasteiger partial charge in [0, 0.05) is 18.7 Å². The van der Waals surface area contributed by atoms with E-state index in [0.29, 0.717) is 12.8 Å². The van der Waals surface area contributed by atoms with Gasteiger partial charge in [-0.15, -0.1) is 0 Å². The molecule has 2 bridgehead atoms. The Labute approximate surface area is 118 Å². The quantitative estimate of drug-likeness (QED) is 0.895. The minimum Gasteiger partial charge on any atom is -0.481 e. The summed E-state index contributed by atoms with van der Waals surface area (Å²) in [5.74, 6) is -0.716. The van der Waals surface area contributed by atoms with Crippen LogP contribution in [0, 0.1) is 5.41 Å². The van der Waals surface area contributed by atoms with E-state index in [1.807, 2.05) is 11.6 Å². The SMILES string of the molecule is CCc1cc(CC2(C(=O)O)CC3CCC2O3)n(CC)n1. The van der Waals surface area contributed by atoms with Crippen LogP contribution in [0.25, 0.3) is 0 Å². The van der Waals surface area contributed by atoms with E-state index in [-0.39, 0.29) is 12.2 Å². The van der Waals surface area contributed by atoms with Crippen molar-refractivity contribution >= 4 is 5.97 Å². The lowest BCUT2D eigenvalue weighted by Gasteiger charge is -2.30. The Kier molecular flexibility index (Phi) is 3.32. The van der Waals surface area contributed by atoms with Crippen molar-refractivity contribution < 1.29 is 14.6 Å². The molecule has 0 aromatic carbocycles. The summed E-state index contributed by atoms with van der Waals surface area (Å²) in [5.41, 5.74) is 1.32. The highest BCUT2D eigenvalue weighted by molar-refractivity contribution is 5.76. The number of carboxylic acid groups (broad SMARTS) is 1. The Morgan fingerprint density at radius 3 is 2.85 bits per heavy atom. The average molecular weight is 278 g/mol. The van der Waals surface area contributed by atoms with Gasteiger partial charge in [0.05, 0.1) is 17.9 Å². The van der Waals surface area contributed by atoms with Gasteiger partial charge in [-0.05, 0) is 38.7 Å². The van der Waals surface area contributed by atoms with Gasteiger partial charge in [0.25, 0.3) is 0 Å². The second-order valence-corrected chi connectivity index (χ2v) is 5.96. The number of fused-ring (bicyclic) bond motifs is 2. The smallest absolute Gasteiger partial charge is 0.312 e. The molecule has 1 aromatic rings. The normalized spacial score (nSPS) is 31.9. The first-order valence-electron chi connectivity index (χ1n) is 7.53. The average Bonchev–Trinajstić information content (AvgIpc) is 3.12. The van der Waals surface area contributed by atoms with E-state index in [1.54, 1.807) is 0 Å². The summed E-state index contributed by atoms with van der Waals surface area (Å²) in [6.07, 6.45) is 3.94. The fourth-order valence-electron chi connectivity index (χ4n) is 3.71. The number of ether oxygens (including phenoxy) is 1. The number of hydrogen-bond donors (Lipinski definition) is 1. The van der Waals surface area contributed by atoms with E-state index in [9.17, 15) is 9.90 Å². The molecule has 20 heavy (non-hydrogen) atoms. The third-order valence-corrected chi connectivity index (χ3v) is 4.81. The van der Waals surface area contributed by atoms with Crippen molar-refractivity contribution in [3.63, 3.8) is 0 Å². The van der Waals surface area contributed by atoms with Gasteiger partial charge >= 0.3 is 5.97 Å². The molecule has 2 fully saturated rings. The number of aryl methyl sites for hydroxylation is 2. The zero-order valence-electron chi connectivity index (χ0n) is 12.1. The summed E-state index contributed by atoms with van der Waals surface area (Å²) in [7, 11) is 0. The number of hydrogen-bond acceptors (Lipinski definition) is 3. The van der Waals surface area contributed by atoms with Crippen LogP contribution in [0.4, 0.5) is 0 Å². The Morgan fingerprint density at radius 2 is 2.35 bits per heavy atom. The predicted octanol–water partition coefficient (Wildman–Crippen LogP) is 2.03. The van der Waals surface area contributed by atoms with Crippen LogP contribution in [0.15, 0.2) is 6.07 Å². The highest BCUT2D eigenvalue weighted by Crippen LogP contribution is 2.49. The fourth-order valence-corrected chi connectivity index (χ4v) is 3.71. The molecule has 3 heterocycles. The van der Waals surface area contributed by atoms with Crippen LogP contribution in [0.3, 0.4) is 0 Å². The van der Waals surface area contributed by atoms with Crippen molar-refractivity contribution in [2.24, 2.45) is 5.41 Å². The molecule has 0 amide bonds. The van der Waals surface area contributed by atoms with Crippen LogP contribution < -0.4 is 0 Å². The van der Waals surface area contributed by atoms with Gasteiger partial charge in [-0.2, -0.15) is 5.10 Å². The molecule has 0 saturated carbocycles. The van der Waals surface area contributed by atoms with Crippen molar-refractivity contribution in [3.05, 3.63) is 17.5 Å². The molecule has 1 aromatic heterocycles. The molecule has 110 valence electrons. The largest absolute Gasteiger partial charge is 0.481 e. The first-order valence-corrected chi connectivity index (χ1v) is 7.53. The molecule has 2 aliphatic rings. The topological polar surface area (TPSA) is 64.3 Å². The van der Waals surface area contributed by atoms with Crippen LogP contribution in [0.5, 0.6) is 0 Å². The maximum atomic E-state index is 11.9. The maximum absolute atomic E-state index is 11.9. The van der Waals surface area contributed by atoms with E-state index in [2.05, 4.69) is 18.1 Å². The van der Waals surface area contributed by atoms with Gasteiger partial charge in [-0.1, -0.05) is 6.92 Å². The van der Waals surface area contributed by atoms with Gasteiger partial charge in [0.15, 0.2) is 0 Å². The third-order valence-electron chi connectivity index (χ3n) is 4.81. The van der Waals surface area contributed by atoms with E-state index < -0.39 is 11.4 Å². The molecular formula is C15H22N2O3. The molecular weight excluding hydrogens is 256 g/mol. The lowest BCUT2D eigenvalue weighted by molar-refractivity contribution is -0.152. The van der Waals surface area contributed by atoms with Crippen LogP contribution in [0.1, 0.15) is 44.5 Å². The summed E-state index contributed by atoms with van der Waals surface area (Å²) >= 11 is 0. The summed E-state index contributed by atoms with van der Waals surface area (Å²) in [6, 6.07) is 2.06. The lowest BCUT2D eigenvalue weighted by atomic mass is 9.71. The van der Waals surface area contributed by atoms with Crippen LogP contribution in [-0.2, 0) is 28.9 Å². The molecule has 2 saturated heterocycles. The number of nitrogens with zero attached hydrogens (tertiary/aromatic N) is 2. The molecule has 3 unspecified atom stereocenters. The monoisotopic (exact) mass is 278 g/mol.